The van der Waals surface area contributed by atoms with Gasteiger partial charge in [0, 0.05) is 24.5 Å². The van der Waals surface area contributed by atoms with E-state index in [0.717, 1.165) is 22.2 Å². The summed E-state index contributed by atoms with van der Waals surface area (Å²) in [7, 11) is 0. The van der Waals surface area contributed by atoms with Crippen molar-refractivity contribution in [1.29, 1.82) is 0 Å². The van der Waals surface area contributed by atoms with E-state index in [1.807, 2.05) is 6.07 Å². The van der Waals surface area contributed by atoms with Gasteiger partial charge in [-0.15, -0.1) is 0 Å². The summed E-state index contributed by atoms with van der Waals surface area (Å²) >= 11 is 6.22. The Bertz CT molecular complexity index is 1280. The number of halogens is 4. The van der Waals surface area contributed by atoms with Crippen LogP contribution >= 0.6 is 11.6 Å². The van der Waals surface area contributed by atoms with Crippen molar-refractivity contribution in [2.24, 2.45) is 0 Å². The van der Waals surface area contributed by atoms with E-state index in [1.165, 1.54) is 28.9 Å². The van der Waals surface area contributed by atoms with Crippen LogP contribution in [-0.4, -0.2) is 19.2 Å². The molecule has 0 aliphatic carbocycles. The van der Waals surface area contributed by atoms with Crippen molar-refractivity contribution in [2.45, 2.75) is 6.18 Å². The average Bonchev–Trinajstić information content (AvgIpc) is 3.03. The first-order chi connectivity index (χ1) is 13.8. The first-order valence-corrected chi connectivity index (χ1v) is 8.78. The van der Waals surface area contributed by atoms with Crippen LogP contribution in [0, 0.1) is 0 Å². The molecule has 5 nitrogen and oxygen atoms in total. The van der Waals surface area contributed by atoms with Gasteiger partial charge in [-0.05, 0) is 35.9 Å². The fourth-order valence-corrected chi connectivity index (χ4v) is 3.14. The van der Waals surface area contributed by atoms with E-state index in [-0.39, 0.29) is 16.5 Å². The standard InChI is InChI=1S/C20H12ClF3N4O/c21-17-11-18-26-15(7-6-13-3-2-8-25-12-13)10-19(29)28(18)27(17)16-5-1-4-14(9-16)20(22,23)24/h1-12H/b7-6+. The van der Waals surface area contributed by atoms with Crippen molar-refractivity contribution in [1.82, 2.24) is 19.2 Å². The van der Waals surface area contributed by atoms with Crippen LogP contribution in [0.2, 0.25) is 5.15 Å². The molecule has 0 bridgehead atoms. The maximum Gasteiger partial charge on any atom is 0.416 e. The molecule has 146 valence electrons. The zero-order valence-electron chi connectivity index (χ0n) is 14.6. The SMILES string of the molecule is O=c1cc(/C=C/c2cccnc2)nc2cc(Cl)n(-c3cccc(C(F)(F)F)c3)n12. The van der Waals surface area contributed by atoms with Gasteiger partial charge in [-0.25, -0.2) is 9.67 Å². The molecule has 0 unspecified atom stereocenters. The molecule has 0 radical (unpaired) electrons. The lowest BCUT2D eigenvalue weighted by Gasteiger charge is -2.11. The Morgan fingerprint density at radius 2 is 1.86 bits per heavy atom. The molecule has 3 aromatic heterocycles. The molecule has 0 amide bonds. The molecule has 0 aliphatic rings. The molecule has 0 fully saturated rings. The third-order valence-corrected chi connectivity index (χ3v) is 4.41. The van der Waals surface area contributed by atoms with Gasteiger partial charge in [-0.3, -0.25) is 9.78 Å². The van der Waals surface area contributed by atoms with Gasteiger partial charge >= 0.3 is 6.18 Å². The van der Waals surface area contributed by atoms with E-state index < -0.39 is 17.3 Å². The molecule has 0 atom stereocenters. The maximum absolute atomic E-state index is 13.0. The zero-order chi connectivity index (χ0) is 20.6. The van der Waals surface area contributed by atoms with Crippen molar-refractivity contribution < 1.29 is 13.2 Å². The topological polar surface area (TPSA) is 52.2 Å². The van der Waals surface area contributed by atoms with E-state index >= 15 is 0 Å². The molecule has 0 saturated heterocycles. The normalized spacial score (nSPS) is 12.1. The van der Waals surface area contributed by atoms with Crippen LogP contribution in [0.1, 0.15) is 16.8 Å². The van der Waals surface area contributed by atoms with Crippen molar-refractivity contribution >= 4 is 29.4 Å². The van der Waals surface area contributed by atoms with Crippen LogP contribution in [0.5, 0.6) is 0 Å². The molecule has 9 heteroatoms. The predicted octanol–water partition coefficient (Wildman–Crippen LogP) is 4.72. The third kappa shape index (κ3) is 3.79. The van der Waals surface area contributed by atoms with Crippen LogP contribution in [0.4, 0.5) is 13.2 Å². The van der Waals surface area contributed by atoms with E-state index in [2.05, 4.69) is 9.97 Å². The van der Waals surface area contributed by atoms with Gasteiger partial charge in [0.1, 0.15) is 5.15 Å². The van der Waals surface area contributed by atoms with Gasteiger partial charge in [0.05, 0.1) is 16.9 Å². The highest BCUT2D eigenvalue weighted by Crippen LogP contribution is 2.31. The second-order valence-electron chi connectivity index (χ2n) is 6.14. The number of alkyl halides is 3. The fourth-order valence-electron chi connectivity index (χ4n) is 2.86. The highest BCUT2D eigenvalue weighted by molar-refractivity contribution is 6.30. The second-order valence-corrected chi connectivity index (χ2v) is 6.52. The Morgan fingerprint density at radius 1 is 1.03 bits per heavy atom. The molecule has 0 N–H and O–H groups in total. The summed E-state index contributed by atoms with van der Waals surface area (Å²) in [5.41, 5.74) is 0.203. The van der Waals surface area contributed by atoms with Crippen molar-refractivity contribution in [3.05, 3.63) is 93.3 Å². The summed E-state index contributed by atoms with van der Waals surface area (Å²) in [6.45, 7) is 0. The lowest BCUT2D eigenvalue weighted by molar-refractivity contribution is -0.137. The van der Waals surface area contributed by atoms with Gasteiger partial charge in [0.2, 0.25) is 0 Å². The molecule has 0 saturated carbocycles. The highest BCUT2D eigenvalue weighted by Gasteiger charge is 2.30. The summed E-state index contributed by atoms with van der Waals surface area (Å²) in [5, 5.41) is 0.0577. The van der Waals surface area contributed by atoms with Gasteiger partial charge < -0.3 is 0 Å². The van der Waals surface area contributed by atoms with Crippen molar-refractivity contribution in [3.63, 3.8) is 0 Å². The second kappa shape index (κ2) is 7.21. The minimum absolute atomic E-state index is 0.0577. The minimum Gasteiger partial charge on any atom is -0.267 e. The fraction of sp³-hybridized carbons (Fsp3) is 0.0500. The Hall–Kier alpha value is -3.39. The number of pyridine rings is 1. The van der Waals surface area contributed by atoms with Crippen LogP contribution in [0.15, 0.2) is 65.7 Å². The molecule has 4 aromatic rings. The van der Waals surface area contributed by atoms with Crippen LogP contribution in [-0.2, 0) is 6.18 Å². The lowest BCUT2D eigenvalue weighted by atomic mass is 10.2. The number of fused-ring (bicyclic) bond motifs is 1. The number of benzene rings is 1. The van der Waals surface area contributed by atoms with Gasteiger partial charge in [0.25, 0.3) is 5.56 Å². The quantitative estimate of drug-likeness (QED) is 0.485. The molecular formula is C20H12ClF3N4O. The average molecular weight is 417 g/mol. The minimum atomic E-state index is -4.51. The summed E-state index contributed by atoms with van der Waals surface area (Å²) in [6, 6.07) is 10.9. The number of aromatic nitrogens is 4. The molecular weight excluding hydrogens is 405 g/mol. The van der Waals surface area contributed by atoms with Crippen LogP contribution in [0.25, 0.3) is 23.5 Å². The summed E-state index contributed by atoms with van der Waals surface area (Å²) < 4.78 is 41.5. The lowest BCUT2D eigenvalue weighted by Crippen LogP contribution is -2.20. The van der Waals surface area contributed by atoms with Crippen molar-refractivity contribution in [2.75, 3.05) is 0 Å². The van der Waals surface area contributed by atoms with Crippen molar-refractivity contribution in [3.8, 4) is 5.69 Å². The van der Waals surface area contributed by atoms with Gasteiger partial charge in [-0.2, -0.15) is 17.7 Å². The Morgan fingerprint density at radius 3 is 2.59 bits per heavy atom. The molecule has 0 spiro atoms. The van der Waals surface area contributed by atoms with E-state index in [1.54, 1.807) is 30.6 Å². The monoisotopic (exact) mass is 416 g/mol. The highest BCUT2D eigenvalue weighted by atomic mass is 35.5. The zero-order valence-corrected chi connectivity index (χ0v) is 15.4. The summed E-state index contributed by atoms with van der Waals surface area (Å²) in [6.07, 6.45) is 2.18. The maximum atomic E-state index is 13.0. The Kier molecular flexibility index (Phi) is 4.71. The Labute approximate surface area is 167 Å². The number of nitrogens with zero attached hydrogens (tertiary/aromatic N) is 4. The molecule has 3 heterocycles. The van der Waals surface area contributed by atoms with Gasteiger partial charge in [0.15, 0.2) is 5.65 Å². The Balaban J connectivity index is 1.81. The van der Waals surface area contributed by atoms with Crippen LogP contribution < -0.4 is 5.56 Å². The largest absolute Gasteiger partial charge is 0.416 e. The van der Waals surface area contributed by atoms with E-state index in [9.17, 15) is 18.0 Å². The van der Waals surface area contributed by atoms with E-state index in [4.69, 9.17) is 11.6 Å². The summed E-state index contributed by atoms with van der Waals surface area (Å²) in [4.78, 5) is 21.0. The molecule has 0 aliphatic heterocycles. The third-order valence-electron chi connectivity index (χ3n) is 4.14. The number of hydrogen-bond acceptors (Lipinski definition) is 3. The first kappa shape index (κ1) is 18.9. The first-order valence-electron chi connectivity index (χ1n) is 8.40. The molecule has 1 aromatic carbocycles. The molecule has 29 heavy (non-hydrogen) atoms. The predicted molar refractivity (Wildman–Crippen MR) is 104 cm³/mol. The molecule has 4 rings (SSSR count). The summed E-state index contributed by atoms with van der Waals surface area (Å²) in [5.74, 6) is 0. The number of rotatable bonds is 3. The van der Waals surface area contributed by atoms with Crippen LogP contribution in [0.3, 0.4) is 0 Å². The van der Waals surface area contributed by atoms with E-state index in [0.29, 0.717) is 5.69 Å². The number of hydrogen-bond donors (Lipinski definition) is 0. The smallest absolute Gasteiger partial charge is 0.267 e. The van der Waals surface area contributed by atoms with Gasteiger partial charge in [-0.1, -0.05) is 29.8 Å².